The third-order valence-corrected chi connectivity index (χ3v) is 6.64. The molecule has 0 aliphatic heterocycles. The summed E-state index contributed by atoms with van der Waals surface area (Å²) in [6.07, 6.45) is 1.84. The number of ether oxygens (including phenoxy) is 2. The Morgan fingerprint density at radius 1 is 1.12 bits per heavy atom. The maximum Gasteiger partial charge on any atom is 0.191 e. The molecule has 2 heterocycles. The van der Waals surface area contributed by atoms with E-state index in [-0.39, 0.29) is 0 Å². The summed E-state index contributed by atoms with van der Waals surface area (Å²) >= 11 is 3.27. The monoisotopic (exact) mass is 464 g/mol. The highest BCUT2D eigenvalue weighted by molar-refractivity contribution is 7.98. The van der Waals surface area contributed by atoms with Crippen LogP contribution in [0.3, 0.4) is 0 Å². The van der Waals surface area contributed by atoms with Crippen LogP contribution in [0.15, 0.2) is 71.7 Å². The molecule has 32 heavy (non-hydrogen) atoms. The topological polar surface area (TPSA) is 62.1 Å². The van der Waals surface area contributed by atoms with Gasteiger partial charge in [0.05, 0.1) is 12.8 Å². The second-order valence-corrected chi connectivity index (χ2v) is 8.87. The molecule has 6 nitrogen and oxygen atoms in total. The Kier molecular flexibility index (Phi) is 7.24. The number of rotatable bonds is 10. The number of thiazole rings is 1. The number of allylic oxidation sites excluding steroid dienone is 1. The highest BCUT2D eigenvalue weighted by Gasteiger charge is 2.14. The van der Waals surface area contributed by atoms with Gasteiger partial charge in [0.25, 0.3) is 0 Å². The fourth-order valence-electron chi connectivity index (χ4n) is 3.09. The molecule has 2 aromatic carbocycles. The van der Waals surface area contributed by atoms with E-state index in [1.807, 2.05) is 34.9 Å². The molecule has 164 valence electrons. The first-order valence-corrected chi connectivity index (χ1v) is 12.0. The SMILES string of the molecule is C=CCn1c(COc2ccc(OC)cc2)nnc1SCc1csc(-c2cccc(C)c2)n1. The fourth-order valence-corrected chi connectivity index (χ4v) is 4.87. The van der Waals surface area contributed by atoms with Gasteiger partial charge in [-0.05, 0) is 37.3 Å². The van der Waals surface area contributed by atoms with Crippen LogP contribution >= 0.6 is 23.1 Å². The number of aromatic nitrogens is 4. The number of aryl methyl sites for hydroxylation is 1. The number of thioether (sulfide) groups is 1. The summed E-state index contributed by atoms with van der Waals surface area (Å²) in [5.74, 6) is 3.01. The van der Waals surface area contributed by atoms with Crippen LogP contribution in [0.1, 0.15) is 17.1 Å². The lowest BCUT2D eigenvalue weighted by molar-refractivity contribution is 0.288. The van der Waals surface area contributed by atoms with Gasteiger partial charge in [0.2, 0.25) is 0 Å². The lowest BCUT2D eigenvalue weighted by atomic mass is 10.1. The molecular weight excluding hydrogens is 440 g/mol. The molecule has 0 N–H and O–H groups in total. The van der Waals surface area contributed by atoms with Crippen LogP contribution in [0.25, 0.3) is 10.6 Å². The first-order chi connectivity index (χ1) is 15.7. The summed E-state index contributed by atoms with van der Waals surface area (Å²) in [5.41, 5.74) is 3.41. The van der Waals surface area contributed by atoms with Gasteiger partial charge >= 0.3 is 0 Å². The van der Waals surface area contributed by atoms with Crippen molar-refractivity contribution < 1.29 is 9.47 Å². The van der Waals surface area contributed by atoms with E-state index >= 15 is 0 Å². The molecular formula is C24H24N4O2S2. The molecule has 4 aromatic rings. The summed E-state index contributed by atoms with van der Waals surface area (Å²) in [7, 11) is 1.64. The lowest BCUT2D eigenvalue weighted by Crippen LogP contribution is -2.07. The molecule has 0 aliphatic carbocycles. The van der Waals surface area contributed by atoms with E-state index in [2.05, 4.69) is 53.3 Å². The van der Waals surface area contributed by atoms with E-state index in [1.54, 1.807) is 30.2 Å². The van der Waals surface area contributed by atoms with Crippen LogP contribution < -0.4 is 9.47 Å². The van der Waals surface area contributed by atoms with Crippen molar-refractivity contribution in [2.45, 2.75) is 31.0 Å². The predicted octanol–water partition coefficient (Wildman–Crippen LogP) is 5.78. The predicted molar refractivity (Wildman–Crippen MR) is 129 cm³/mol. The van der Waals surface area contributed by atoms with E-state index in [0.29, 0.717) is 13.2 Å². The molecule has 0 aliphatic rings. The average Bonchev–Trinajstić information content (AvgIpc) is 3.44. The first-order valence-electron chi connectivity index (χ1n) is 10.1. The highest BCUT2D eigenvalue weighted by atomic mass is 32.2. The van der Waals surface area contributed by atoms with Crippen LogP contribution in [0.4, 0.5) is 0 Å². The van der Waals surface area contributed by atoms with Crippen molar-refractivity contribution >= 4 is 23.1 Å². The quantitative estimate of drug-likeness (QED) is 0.219. The van der Waals surface area contributed by atoms with Crippen molar-refractivity contribution in [2.75, 3.05) is 7.11 Å². The van der Waals surface area contributed by atoms with Gasteiger partial charge in [-0.3, -0.25) is 4.57 Å². The van der Waals surface area contributed by atoms with Crippen LogP contribution in [0.5, 0.6) is 11.5 Å². The van der Waals surface area contributed by atoms with Crippen molar-refractivity contribution in [1.82, 2.24) is 19.7 Å². The van der Waals surface area contributed by atoms with Gasteiger partial charge in [0, 0.05) is 23.2 Å². The Labute approximate surface area is 196 Å². The second kappa shape index (κ2) is 10.5. The summed E-state index contributed by atoms with van der Waals surface area (Å²) in [6.45, 7) is 6.89. The van der Waals surface area contributed by atoms with E-state index in [0.717, 1.165) is 44.5 Å². The zero-order valence-corrected chi connectivity index (χ0v) is 19.7. The minimum absolute atomic E-state index is 0.321. The molecule has 0 bridgehead atoms. The number of nitrogens with zero attached hydrogens (tertiary/aromatic N) is 4. The first kappa shape index (κ1) is 22.1. The van der Waals surface area contributed by atoms with Crippen molar-refractivity contribution in [3.8, 4) is 22.1 Å². The largest absolute Gasteiger partial charge is 0.497 e. The molecule has 0 unspecified atom stereocenters. The van der Waals surface area contributed by atoms with Crippen LogP contribution in [0, 0.1) is 6.92 Å². The summed E-state index contributed by atoms with van der Waals surface area (Å²) < 4.78 is 13.1. The second-order valence-electron chi connectivity index (χ2n) is 7.06. The van der Waals surface area contributed by atoms with E-state index in [9.17, 15) is 0 Å². The molecule has 0 saturated heterocycles. The van der Waals surface area contributed by atoms with E-state index in [4.69, 9.17) is 14.5 Å². The lowest BCUT2D eigenvalue weighted by Gasteiger charge is -2.09. The zero-order chi connectivity index (χ0) is 22.3. The Morgan fingerprint density at radius 2 is 1.94 bits per heavy atom. The minimum atomic E-state index is 0.321. The average molecular weight is 465 g/mol. The third-order valence-electron chi connectivity index (χ3n) is 4.70. The third kappa shape index (κ3) is 5.38. The van der Waals surface area contributed by atoms with Gasteiger partial charge in [-0.2, -0.15) is 0 Å². The molecule has 0 atom stereocenters. The number of hydrogen-bond donors (Lipinski definition) is 0. The van der Waals surface area contributed by atoms with E-state index in [1.165, 1.54) is 5.56 Å². The highest BCUT2D eigenvalue weighted by Crippen LogP contribution is 2.28. The summed E-state index contributed by atoms with van der Waals surface area (Å²) in [5, 5.41) is 12.7. The Hall–Kier alpha value is -3.10. The van der Waals surface area contributed by atoms with Gasteiger partial charge in [0.1, 0.15) is 23.1 Å². The van der Waals surface area contributed by atoms with Gasteiger partial charge in [-0.15, -0.1) is 28.1 Å². The van der Waals surface area contributed by atoms with Crippen molar-refractivity contribution in [2.24, 2.45) is 0 Å². The van der Waals surface area contributed by atoms with Crippen LogP contribution in [-0.4, -0.2) is 26.9 Å². The van der Waals surface area contributed by atoms with Gasteiger partial charge in [-0.1, -0.05) is 41.6 Å². The van der Waals surface area contributed by atoms with Gasteiger partial charge in [-0.25, -0.2) is 4.98 Å². The number of benzene rings is 2. The van der Waals surface area contributed by atoms with Gasteiger partial charge in [0.15, 0.2) is 11.0 Å². The van der Waals surface area contributed by atoms with Crippen molar-refractivity contribution in [3.63, 3.8) is 0 Å². The smallest absolute Gasteiger partial charge is 0.191 e. The zero-order valence-electron chi connectivity index (χ0n) is 18.0. The maximum atomic E-state index is 5.88. The fraction of sp³-hybridized carbons (Fsp3) is 0.208. The Morgan fingerprint density at radius 3 is 2.69 bits per heavy atom. The van der Waals surface area contributed by atoms with Crippen molar-refractivity contribution in [3.05, 3.63) is 83.6 Å². The van der Waals surface area contributed by atoms with Crippen LogP contribution in [0.2, 0.25) is 0 Å². The maximum absolute atomic E-state index is 5.88. The Bertz CT molecular complexity index is 1180. The Balaban J connectivity index is 1.41. The summed E-state index contributed by atoms with van der Waals surface area (Å²) in [6, 6.07) is 15.9. The summed E-state index contributed by atoms with van der Waals surface area (Å²) in [4.78, 5) is 4.79. The molecule has 0 spiro atoms. The minimum Gasteiger partial charge on any atom is -0.497 e. The van der Waals surface area contributed by atoms with Crippen LogP contribution in [-0.2, 0) is 18.9 Å². The molecule has 4 rings (SSSR count). The number of methoxy groups -OCH3 is 1. The van der Waals surface area contributed by atoms with E-state index < -0.39 is 0 Å². The van der Waals surface area contributed by atoms with Gasteiger partial charge < -0.3 is 9.47 Å². The molecule has 0 radical (unpaired) electrons. The normalized spacial score (nSPS) is 10.8. The standard InChI is InChI=1S/C24H24N4O2S2/c1-4-12-28-22(14-30-21-10-8-20(29-3)9-11-21)26-27-24(28)32-16-19-15-31-23(25-19)18-7-5-6-17(2)13-18/h4-11,13,15H,1,12,14,16H2,2-3H3. The molecule has 0 fully saturated rings. The molecule has 8 heteroatoms. The van der Waals surface area contributed by atoms with Crippen molar-refractivity contribution in [1.29, 1.82) is 0 Å². The molecule has 0 saturated carbocycles. The molecule has 2 aromatic heterocycles. The molecule has 0 amide bonds. The number of hydrogen-bond acceptors (Lipinski definition) is 7.